The second-order valence-electron chi connectivity index (χ2n) is 8.53. The van der Waals surface area contributed by atoms with Crippen LogP contribution in [0, 0.1) is 0 Å². The van der Waals surface area contributed by atoms with Crippen molar-refractivity contribution >= 4 is 38.9 Å². The van der Waals surface area contributed by atoms with E-state index in [2.05, 4.69) is 22.0 Å². The number of hydrogen-bond donors (Lipinski definition) is 1. The van der Waals surface area contributed by atoms with Crippen LogP contribution in [-0.4, -0.2) is 69.3 Å². The summed E-state index contributed by atoms with van der Waals surface area (Å²) in [7, 11) is -3.61. The summed E-state index contributed by atoms with van der Waals surface area (Å²) in [5.74, 6) is -0.298. The summed E-state index contributed by atoms with van der Waals surface area (Å²) in [5.41, 5.74) is 1.81. The first-order valence-electron chi connectivity index (χ1n) is 11.6. The van der Waals surface area contributed by atoms with Crippen molar-refractivity contribution in [1.29, 1.82) is 0 Å². The van der Waals surface area contributed by atoms with Gasteiger partial charge in [0, 0.05) is 49.9 Å². The van der Waals surface area contributed by atoms with E-state index >= 15 is 0 Å². The van der Waals surface area contributed by atoms with Crippen molar-refractivity contribution in [2.45, 2.75) is 31.1 Å². The van der Waals surface area contributed by atoms with E-state index < -0.39 is 10.0 Å². The van der Waals surface area contributed by atoms with Gasteiger partial charge in [0.15, 0.2) is 0 Å². The van der Waals surface area contributed by atoms with Crippen molar-refractivity contribution < 1.29 is 13.2 Å². The molecule has 178 valence electrons. The molecule has 2 aliphatic rings. The predicted molar refractivity (Wildman–Crippen MR) is 133 cm³/mol. The van der Waals surface area contributed by atoms with Gasteiger partial charge < -0.3 is 15.1 Å². The fourth-order valence-electron chi connectivity index (χ4n) is 4.41. The fraction of sp³-hybridized carbons (Fsp3) is 0.458. The number of piperazine rings is 1. The molecule has 4 rings (SSSR count). The van der Waals surface area contributed by atoms with E-state index in [0.717, 1.165) is 57.7 Å². The molecule has 2 saturated heterocycles. The number of likely N-dealkylation sites (N-methyl/N-ethyl adjacent to an activating group) is 1. The lowest BCUT2D eigenvalue weighted by atomic mass is 10.1. The maximum absolute atomic E-state index is 13.3. The zero-order valence-corrected chi connectivity index (χ0v) is 20.5. The lowest BCUT2D eigenvalue weighted by molar-refractivity contribution is 0.102. The van der Waals surface area contributed by atoms with Crippen molar-refractivity contribution in [3.05, 3.63) is 53.1 Å². The number of benzene rings is 2. The number of anilines is 2. The molecule has 2 aliphatic heterocycles. The van der Waals surface area contributed by atoms with Crippen LogP contribution in [0.4, 0.5) is 11.4 Å². The Morgan fingerprint density at radius 2 is 1.61 bits per heavy atom. The molecule has 1 amide bonds. The normalized spacial score (nSPS) is 18.3. The molecule has 0 bridgehead atoms. The number of amides is 1. The van der Waals surface area contributed by atoms with E-state index in [1.54, 1.807) is 40.7 Å². The number of piperidine rings is 1. The molecule has 0 aromatic heterocycles. The van der Waals surface area contributed by atoms with Gasteiger partial charge in [0.2, 0.25) is 10.0 Å². The average Bonchev–Trinajstić information content (AvgIpc) is 2.85. The Hall–Kier alpha value is -2.13. The van der Waals surface area contributed by atoms with Crippen molar-refractivity contribution in [2.24, 2.45) is 0 Å². The SMILES string of the molecule is CCN1CCN(c2ccc(S(=O)(=O)N3CCCCC3)cc2NC(=O)c2ccc(Cl)cc2)CC1. The number of carbonyl (C=O) groups excluding carboxylic acids is 1. The summed E-state index contributed by atoms with van der Waals surface area (Å²) in [5, 5.41) is 3.52. The molecule has 2 aromatic carbocycles. The van der Waals surface area contributed by atoms with Gasteiger partial charge >= 0.3 is 0 Å². The Morgan fingerprint density at radius 3 is 2.24 bits per heavy atom. The third-order valence-electron chi connectivity index (χ3n) is 6.44. The van der Waals surface area contributed by atoms with Crippen molar-refractivity contribution in [1.82, 2.24) is 9.21 Å². The molecule has 0 spiro atoms. The second kappa shape index (κ2) is 10.4. The van der Waals surface area contributed by atoms with Crippen LogP contribution in [0.25, 0.3) is 0 Å². The van der Waals surface area contributed by atoms with Gasteiger partial charge in [0.25, 0.3) is 5.91 Å². The van der Waals surface area contributed by atoms with Crippen LogP contribution in [0.5, 0.6) is 0 Å². The van der Waals surface area contributed by atoms with E-state index in [1.165, 1.54) is 0 Å². The lowest BCUT2D eigenvalue weighted by Gasteiger charge is -2.36. The van der Waals surface area contributed by atoms with E-state index in [4.69, 9.17) is 11.6 Å². The minimum absolute atomic E-state index is 0.215. The van der Waals surface area contributed by atoms with Crippen molar-refractivity contribution in [3.63, 3.8) is 0 Å². The molecule has 2 heterocycles. The van der Waals surface area contributed by atoms with Gasteiger partial charge in [0.05, 0.1) is 16.3 Å². The lowest BCUT2D eigenvalue weighted by Crippen LogP contribution is -2.46. The molecular weight excluding hydrogens is 460 g/mol. The van der Waals surface area contributed by atoms with Gasteiger partial charge in [-0.3, -0.25) is 4.79 Å². The van der Waals surface area contributed by atoms with Crippen LogP contribution in [0.1, 0.15) is 36.5 Å². The minimum Gasteiger partial charge on any atom is -0.367 e. The minimum atomic E-state index is -3.61. The zero-order valence-electron chi connectivity index (χ0n) is 19.0. The van der Waals surface area contributed by atoms with Crippen LogP contribution < -0.4 is 10.2 Å². The van der Waals surface area contributed by atoms with Gasteiger partial charge in [-0.05, 0) is 61.9 Å². The number of sulfonamides is 1. The summed E-state index contributed by atoms with van der Waals surface area (Å²) in [4.78, 5) is 17.8. The van der Waals surface area contributed by atoms with E-state index in [9.17, 15) is 13.2 Å². The molecule has 33 heavy (non-hydrogen) atoms. The summed E-state index contributed by atoms with van der Waals surface area (Å²) in [6.07, 6.45) is 2.80. The highest BCUT2D eigenvalue weighted by molar-refractivity contribution is 7.89. The average molecular weight is 491 g/mol. The Kier molecular flexibility index (Phi) is 7.58. The third kappa shape index (κ3) is 5.51. The largest absolute Gasteiger partial charge is 0.367 e. The fourth-order valence-corrected chi connectivity index (χ4v) is 6.08. The number of rotatable bonds is 6. The highest BCUT2D eigenvalue weighted by Gasteiger charge is 2.28. The molecule has 0 aliphatic carbocycles. The Labute approximate surface area is 201 Å². The smallest absolute Gasteiger partial charge is 0.255 e. The van der Waals surface area contributed by atoms with E-state index in [1.807, 2.05) is 6.07 Å². The molecule has 0 radical (unpaired) electrons. The highest BCUT2D eigenvalue weighted by atomic mass is 35.5. The van der Waals surface area contributed by atoms with Gasteiger partial charge in [0.1, 0.15) is 0 Å². The molecule has 7 nitrogen and oxygen atoms in total. The Bertz CT molecular complexity index is 1080. The molecule has 2 aromatic rings. The maximum Gasteiger partial charge on any atom is 0.255 e. The molecular formula is C24H31ClN4O3S. The van der Waals surface area contributed by atoms with Gasteiger partial charge in [-0.25, -0.2) is 8.42 Å². The van der Waals surface area contributed by atoms with Gasteiger partial charge in [-0.15, -0.1) is 0 Å². The molecule has 0 atom stereocenters. The highest BCUT2D eigenvalue weighted by Crippen LogP contribution is 2.32. The van der Waals surface area contributed by atoms with Crippen LogP contribution in [-0.2, 0) is 10.0 Å². The quantitative estimate of drug-likeness (QED) is 0.664. The first-order chi connectivity index (χ1) is 15.9. The predicted octanol–water partition coefficient (Wildman–Crippen LogP) is 3.91. The summed E-state index contributed by atoms with van der Waals surface area (Å²) >= 11 is 5.96. The topological polar surface area (TPSA) is 73.0 Å². The summed E-state index contributed by atoms with van der Waals surface area (Å²) < 4.78 is 28.1. The molecule has 2 fully saturated rings. The van der Waals surface area contributed by atoms with Crippen LogP contribution in [0.2, 0.25) is 5.02 Å². The van der Waals surface area contributed by atoms with E-state index in [0.29, 0.717) is 29.4 Å². The number of nitrogens with zero attached hydrogens (tertiary/aromatic N) is 3. The number of hydrogen-bond acceptors (Lipinski definition) is 5. The number of halogens is 1. The monoisotopic (exact) mass is 490 g/mol. The summed E-state index contributed by atoms with van der Waals surface area (Å²) in [6.45, 7) is 7.70. The van der Waals surface area contributed by atoms with Gasteiger partial charge in [-0.1, -0.05) is 24.9 Å². The zero-order chi connectivity index (χ0) is 23.4. The molecule has 9 heteroatoms. The number of nitrogens with one attached hydrogen (secondary N) is 1. The van der Waals surface area contributed by atoms with E-state index in [-0.39, 0.29) is 10.8 Å². The van der Waals surface area contributed by atoms with Crippen LogP contribution >= 0.6 is 11.6 Å². The first-order valence-corrected chi connectivity index (χ1v) is 13.4. The molecule has 1 N–H and O–H groups in total. The first kappa shape index (κ1) is 24.0. The van der Waals surface area contributed by atoms with Crippen molar-refractivity contribution in [3.8, 4) is 0 Å². The van der Waals surface area contributed by atoms with Crippen LogP contribution in [0.15, 0.2) is 47.4 Å². The second-order valence-corrected chi connectivity index (χ2v) is 10.9. The van der Waals surface area contributed by atoms with Crippen LogP contribution in [0.3, 0.4) is 0 Å². The summed E-state index contributed by atoms with van der Waals surface area (Å²) in [6, 6.07) is 11.8. The van der Waals surface area contributed by atoms with Gasteiger partial charge in [-0.2, -0.15) is 4.31 Å². The van der Waals surface area contributed by atoms with Crippen molar-refractivity contribution in [2.75, 3.05) is 56.0 Å². The molecule has 0 saturated carbocycles. The maximum atomic E-state index is 13.3. The Balaban J connectivity index is 1.66. The molecule has 0 unspecified atom stereocenters. The number of carbonyl (C=O) groups is 1. The standard InChI is InChI=1S/C24H31ClN4O3S/c1-2-27-14-16-28(17-15-27)23-11-10-21(33(31,32)29-12-4-3-5-13-29)18-22(23)26-24(30)19-6-8-20(25)9-7-19/h6-11,18H,2-5,12-17H2,1H3,(H,26,30). The Morgan fingerprint density at radius 1 is 0.939 bits per heavy atom. The third-order valence-corrected chi connectivity index (χ3v) is 8.58.